The molecule has 1 amide bonds. The molecule has 1 aliphatic carbocycles. The molecule has 0 radical (unpaired) electrons. The van der Waals surface area contributed by atoms with E-state index in [0.29, 0.717) is 22.2 Å². The summed E-state index contributed by atoms with van der Waals surface area (Å²) in [6, 6.07) is 6.24. The van der Waals surface area contributed by atoms with Crippen molar-refractivity contribution < 1.29 is 9.53 Å². The first kappa shape index (κ1) is 18.9. The lowest BCUT2D eigenvalue weighted by atomic mass is 9.89. The first-order chi connectivity index (χ1) is 12.4. The highest BCUT2D eigenvalue weighted by atomic mass is 79.9. The van der Waals surface area contributed by atoms with E-state index in [0.717, 1.165) is 40.4 Å². The summed E-state index contributed by atoms with van der Waals surface area (Å²) >= 11 is 5.01. The quantitative estimate of drug-likeness (QED) is 0.726. The van der Waals surface area contributed by atoms with Gasteiger partial charge in [0.05, 0.1) is 10.0 Å². The second-order valence-corrected chi connectivity index (χ2v) is 8.86. The lowest BCUT2D eigenvalue weighted by Gasteiger charge is -2.17. The highest BCUT2D eigenvalue weighted by molar-refractivity contribution is 9.10. The molecule has 0 saturated heterocycles. The third kappa shape index (κ3) is 3.94. The number of carbonyl (C=O) groups excluding carboxylic acids is 1. The number of rotatable bonds is 4. The van der Waals surface area contributed by atoms with E-state index in [2.05, 4.69) is 34.2 Å². The zero-order chi connectivity index (χ0) is 18.8. The Morgan fingerprint density at radius 3 is 2.92 bits per heavy atom. The summed E-state index contributed by atoms with van der Waals surface area (Å²) in [4.78, 5) is 13.6. The Labute approximate surface area is 166 Å². The monoisotopic (exact) mass is 432 g/mol. The van der Waals surface area contributed by atoms with Crippen molar-refractivity contribution in [2.24, 2.45) is 5.92 Å². The minimum atomic E-state index is -0.250. The van der Waals surface area contributed by atoms with Gasteiger partial charge in [0.2, 0.25) is 0 Å². The number of amides is 1. The maximum atomic E-state index is 12.4. The molecule has 0 bridgehead atoms. The maximum Gasteiger partial charge on any atom is 0.262 e. The summed E-state index contributed by atoms with van der Waals surface area (Å²) in [5, 5.41) is 13.0. The first-order valence-corrected chi connectivity index (χ1v) is 10.2. The molecule has 2 aromatic rings. The Balaban J connectivity index is 1.71. The number of hydrogen-bond donors (Lipinski definition) is 1. The van der Waals surface area contributed by atoms with E-state index in [1.165, 1.54) is 16.2 Å². The van der Waals surface area contributed by atoms with Crippen molar-refractivity contribution >= 4 is 38.2 Å². The smallest absolute Gasteiger partial charge is 0.262 e. The van der Waals surface area contributed by atoms with Crippen molar-refractivity contribution in [1.29, 1.82) is 5.26 Å². The standard InChI is InChI=1S/C20H21BrN2O2S/c1-11-4-5-14-15(9-22)20(26-17(14)8-11)23-18(24)10-25-19-13(3)6-12(2)7-16(19)21/h6-7,11H,4-5,8,10H2,1-3H3,(H,23,24)/t11-/m1/s1. The van der Waals surface area contributed by atoms with E-state index >= 15 is 0 Å². The molecule has 1 atom stereocenters. The lowest BCUT2D eigenvalue weighted by molar-refractivity contribution is -0.118. The van der Waals surface area contributed by atoms with Crippen LogP contribution in [0.2, 0.25) is 0 Å². The van der Waals surface area contributed by atoms with Crippen molar-refractivity contribution in [2.75, 3.05) is 11.9 Å². The van der Waals surface area contributed by atoms with E-state index in [9.17, 15) is 10.1 Å². The number of nitrogens with one attached hydrogen (secondary N) is 1. The van der Waals surface area contributed by atoms with Gasteiger partial charge in [0.25, 0.3) is 5.91 Å². The van der Waals surface area contributed by atoms with Crippen LogP contribution in [0.15, 0.2) is 16.6 Å². The van der Waals surface area contributed by atoms with Gasteiger partial charge in [-0.25, -0.2) is 0 Å². The first-order valence-electron chi connectivity index (χ1n) is 8.63. The summed E-state index contributed by atoms with van der Waals surface area (Å²) in [5.74, 6) is 1.05. The minimum Gasteiger partial charge on any atom is -0.482 e. The van der Waals surface area contributed by atoms with E-state index in [-0.39, 0.29) is 12.5 Å². The number of hydrogen-bond acceptors (Lipinski definition) is 4. The van der Waals surface area contributed by atoms with Gasteiger partial charge in [-0.15, -0.1) is 11.3 Å². The molecule has 0 spiro atoms. The van der Waals surface area contributed by atoms with Gasteiger partial charge in [0, 0.05) is 4.88 Å². The van der Waals surface area contributed by atoms with Gasteiger partial charge in [-0.2, -0.15) is 5.26 Å². The van der Waals surface area contributed by atoms with Crippen LogP contribution in [0.25, 0.3) is 0 Å². The molecule has 0 aliphatic heterocycles. The van der Waals surface area contributed by atoms with Crippen LogP contribution in [0.4, 0.5) is 5.00 Å². The molecule has 26 heavy (non-hydrogen) atoms. The molecule has 136 valence electrons. The Bertz CT molecular complexity index is 875. The fourth-order valence-electron chi connectivity index (χ4n) is 3.34. The second-order valence-electron chi connectivity index (χ2n) is 6.90. The molecule has 1 N–H and O–H groups in total. The molecule has 1 aliphatic rings. The maximum absolute atomic E-state index is 12.4. The molecule has 0 fully saturated rings. The Kier molecular flexibility index (Phi) is 5.69. The SMILES string of the molecule is Cc1cc(C)c(OCC(=O)Nc2sc3c(c2C#N)CC[C@@H](C)C3)c(Br)c1. The molecular weight excluding hydrogens is 412 g/mol. The number of aryl methyl sites for hydroxylation is 2. The highest BCUT2D eigenvalue weighted by Gasteiger charge is 2.24. The van der Waals surface area contributed by atoms with Crippen LogP contribution in [0.5, 0.6) is 5.75 Å². The van der Waals surface area contributed by atoms with Crippen molar-refractivity contribution in [2.45, 2.75) is 40.0 Å². The molecule has 0 unspecified atom stereocenters. The van der Waals surface area contributed by atoms with Gasteiger partial charge in [0.1, 0.15) is 16.8 Å². The van der Waals surface area contributed by atoms with E-state index in [1.54, 1.807) is 0 Å². The third-order valence-electron chi connectivity index (χ3n) is 4.60. The van der Waals surface area contributed by atoms with E-state index in [1.807, 2.05) is 26.0 Å². The van der Waals surface area contributed by atoms with Crippen LogP contribution in [0, 0.1) is 31.1 Å². The number of ether oxygens (including phenoxy) is 1. The molecule has 4 nitrogen and oxygen atoms in total. The molecule has 1 aromatic carbocycles. The van der Waals surface area contributed by atoms with Gasteiger partial charge < -0.3 is 10.1 Å². The molecule has 3 rings (SSSR count). The minimum absolute atomic E-state index is 0.0909. The van der Waals surface area contributed by atoms with Crippen LogP contribution < -0.4 is 10.1 Å². The number of anilines is 1. The second kappa shape index (κ2) is 7.81. The Morgan fingerprint density at radius 2 is 2.23 bits per heavy atom. The predicted octanol–water partition coefficient (Wildman–Crippen LogP) is 5.14. The summed E-state index contributed by atoms with van der Waals surface area (Å²) < 4.78 is 6.55. The fraction of sp³-hybridized carbons (Fsp3) is 0.400. The lowest BCUT2D eigenvalue weighted by Crippen LogP contribution is -2.20. The highest BCUT2D eigenvalue weighted by Crippen LogP contribution is 2.39. The summed E-state index contributed by atoms with van der Waals surface area (Å²) in [6.07, 6.45) is 2.99. The molecular formula is C20H21BrN2O2S. The Morgan fingerprint density at radius 1 is 1.46 bits per heavy atom. The number of halogens is 1. The molecule has 1 heterocycles. The van der Waals surface area contributed by atoms with E-state index in [4.69, 9.17) is 4.74 Å². The van der Waals surface area contributed by atoms with Crippen LogP contribution >= 0.6 is 27.3 Å². The summed E-state index contributed by atoms with van der Waals surface area (Å²) in [7, 11) is 0. The fourth-order valence-corrected chi connectivity index (χ4v) is 5.51. The average molecular weight is 433 g/mol. The van der Waals surface area contributed by atoms with E-state index < -0.39 is 0 Å². The largest absolute Gasteiger partial charge is 0.482 e. The Hall–Kier alpha value is -1.84. The predicted molar refractivity (Wildman–Crippen MR) is 108 cm³/mol. The third-order valence-corrected chi connectivity index (χ3v) is 6.36. The zero-order valence-electron chi connectivity index (χ0n) is 15.1. The number of carbonyl (C=O) groups is 1. The topological polar surface area (TPSA) is 62.1 Å². The van der Waals surface area contributed by atoms with Gasteiger partial charge in [0.15, 0.2) is 6.61 Å². The zero-order valence-corrected chi connectivity index (χ0v) is 17.5. The average Bonchev–Trinajstić information content (AvgIpc) is 2.89. The van der Waals surface area contributed by atoms with Gasteiger partial charge in [-0.05, 0) is 77.7 Å². The van der Waals surface area contributed by atoms with Crippen molar-refractivity contribution in [1.82, 2.24) is 0 Å². The van der Waals surface area contributed by atoms with Crippen molar-refractivity contribution in [3.8, 4) is 11.8 Å². The number of nitrogens with zero attached hydrogens (tertiary/aromatic N) is 1. The van der Waals surface area contributed by atoms with Gasteiger partial charge in [-0.1, -0.05) is 13.0 Å². The number of nitriles is 1. The number of fused-ring (bicyclic) bond motifs is 1. The summed E-state index contributed by atoms with van der Waals surface area (Å²) in [6.45, 7) is 6.10. The van der Waals surface area contributed by atoms with Crippen LogP contribution in [-0.2, 0) is 17.6 Å². The number of thiophene rings is 1. The van der Waals surface area contributed by atoms with Crippen LogP contribution in [-0.4, -0.2) is 12.5 Å². The van der Waals surface area contributed by atoms with Crippen LogP contribution in [0.1, 0.15) is 40.5 Å². The molecule has 6 heteroatoms. The normalized spacial score (nSPS) is 15.9. The number of benzene rings is 1. The summed E-state index contributed by atoms with van der Waals surface area (Å²) in [5.41, 5.74) is 3.84. The van der Waals surface area contributed by atoms with Crippen LogP contribution in [0.3, 0.4) is 0 Å². The molecule has 1 aromatic heterocycles. The van der Waals surface area contributed by atoms with Gasteiger partial charge >= 0.3 is 0 Å². The van der Waals surface area contributed by atoms with Gasteiger partial charge in [-0.3, -0.25) is 4.79 Å². The van der Waals surface area contributed by atoms with Crippen molar-refractivity contribution in [3.05, 3.63) is 43.7 Å². The van der Waals surface area contributed by atoms with Crippen molar-refractivity contribution in [3.63, 3.8) is 0 Å². The molecule has 0 saturated carbocycles.